The number of hydrogen-bond donors (Lipinski definition) is 2. The molecule has 5 nitrogen and oxygen atoms in total. The lowest BCUT2D eigenvalue weighted by Crippen LogP contribution is -2.13. The quantitative estimate of drug-likeness (QED) is 0.626. The Balaban J connectivity index is 1.65. The van der Waals surface area contributed by atoms with Crippen LogP contribution in [-0.2, 0) is 16.6 Å². The Morgan fingerprint density at radius 1 is 0.923 bits per heavy atom. The van der Waals surface area contributed by atoms with Crippen molar-refractivity contribution in [2.45, 2.75) is 31.2 Å². The predicted octanol–water partition coefficient (Wildman–Crippen LogP) is 4.82. The zero-order valence-electron chi connectivity index (χ0n) is 14.8. The Kier molecular flexibility index (Phi) is 5.32. The molecule has 0 saturated carbocycles. The van der Waals surface area contributed by atoms with Gasteiger partial charge in [0, 0.05) is 11.4 Å². The molecule has 0 unspecified atom stereocenters. The average Bonchev–Trinajstić information content (AvgIpc) is 3.14. The second kappa shape index (κ2) is 7.66. The van der Waals surface area contributed by atoms with Crippen LogP contribution in [0.2, 0.25) is 0 Å². The lowest BCUT2D eigenvalue weighted by atomic mass is 10.0. The largest absolute Gasteiger partial charge is 0.467 e. The van der Waals surface area contributed by atoms with Gasteiger partial charge in [0.25, 0.3) is 10.0 Å². The van der Waals surface area contributed by atoms with Gasteiger partial charge in [-0.2, -0.15) is 0 Å². The molecular formula is C20H22N2O3S. The first-order valence-electron chi connectivity index (χ1n) is 8.43. The fraction of sp³-hybridized carbons (Fsp3) is 0.200. The maximum absolute atomic E-state index is 12.5. The maximum Gasteiger partial charge on any atom is 0.261 e. The molecule has 0 amide bonds. The zero-order valence-corrected chi connectivity index (χ0v) is 15.6. The highest BCUT2D eigenvalue weighted by atomic mass is 32.2. The van der Waals surface area contributed by atoms with Crippen LogP contribution in [0.15, 0.2) is 76.2 Å². The normalized spacial score (nSPS) is 11.5. The van der Waals surface area contributed by atoms with Crippen molar-refractivity contribution in [2.75, 3.05) is 10.0 Å². The van der Waals surface area contributed by atoms with Crippen molar-refractivity contribution < 1.29 is 12.8 Å². The van der Waals surface area contributed by atoms with Crippen molar-refractivity contribution in [1.29, 1.82) is 0 Å². The molecule has 0 aliphatic rings. The van der Waals surface area contributed by atoms with Crippen molar-refractivity contribution in [3.05, 3.63) is 78.3 Å². The van der Waals surface area contributed by atoms with Gasteiger partial charge in [-0.25, -0.2) is 8.42 Å². The van der Waals surface area contributed by atoms with Gasteiger partial charge >= 0.3 is 0 Å². The summed E-state index contributed by atoms with van der Waals surface area (Å²) in [5.74, 6) is 1.19. The number of sulfonamides is 1. The zero-order chi connectivity index (χ0) is 18.6. The fourth-order valence-corrected chi connectivity index (χ4v) is 3.56. The molecule has 3 rings (SSSR count). The standard InChI is InChI=1S/C20H22N2O3S/c1-15(2)16-5-11-20(12-6-16)26(23,24)22-18-9-7-17(8-10-18)21-14-19-4-3-13-25-19/h3-13,15,21-22H,14H2,1-2H3. The summed E-state index contributed by atoms with van der Waals surface area (Å²) in [6.45, 7) is 4.72. The smallest absolute Gasteiger partial charge is 0.261 e. The second-order valence-electron chi connectivity index (χ2n) is 6.34. The van der Waals surface area contributed by atoms with E-state index in [2.05, 4.69) is 23.9 Å². The van der Waals surface area contributed by atoms with E-state index >= 15 is 0 Å². The van der Waals surface area contributed by atoms with E-state index < -0.39 is 10.0 Å². The summed E-state index contributed by atoms with van der Waals surface area (Å²) >= 11 is 0. The van der Waals surface area contributed by atoms with Crippen LogP contribution in [0.25, 0.3) is 0 Å². The van der Waals surface area contributed by atoms with E-state index in [0.29, 0.717) is 18.2 Å². The molecule has 26 heavy (non-hydrogen) atoms. The van der Waals surface area contributed by atoms with Crippen LogP contribution in [0.5, 0.6) is 0 Å². The molecule has 0 aliphatic carbocycles. The Labute approximate surface area is 154 Å². The number of benzene rings is 2. The molecule has 0 saturated heterocycles. The summed E-state index contributed by atoms with van der Waals surface area (Å²) in [4.78, 5) is 0.252. The molecule has 2 aromatic carbocycles. The highest BCUT2D eigenvalue weighted by Gasteiger charge is 2.14. The van der Waals surface area contributed by atoms with Crippen LogP contribution in [0, 0.1) is 0 Å². The van der Waals surface area contributed by atoms with E-state index in [9.17, 15) is 8.42 Å². The molecule has 6 heteroatoms. The topological polar surface area (TPSA) is 71.3 Å². The molecule has 1 heterocycles. The summed E-state index contributed by atoms with van der Waals surface area (Å²) in [6.07, 6.45) is 1.63. The van der Waals surface area contributed by atoms with Gasteiger partial charge in [-0.15, -0.1) is 0 Å². The number of anilines is 2. The van der Waals surface area contributed by atoms with Gasteiger partial charge in [0.15, 0.2) is 0 Å². The molecule has 0 radical (unpaired) electrons. The summed E-state index contributed by atoms with van der Waals surface area (Å²) < 4.78 is 32.9. The molecular weight excluding hydrogens is 348 g/mol. The van der Waals surface area contributed by atoms with Gasteiger partial charge in [0.05, 0.1) is 17.7 Å². The van der Waals surface area contributed by atoms with Crippen molar-refractivity contribution in [3.8, 4) is 0 Å². The van der Waals surface area contributed by atoms with E-state index in [0.717, 1.165) is 17.0 Å². The summed E-state index contributed by atoms with van der Waals surface area (Å²) in [6, 6.07) is 17.8. The van der Waals surface area contributed by atoms with Crippen LogP contribution in [0.3, 0.4) is 0 Å². The van der Waals surface area contributed by atoms with Gasteiger partial charge in [-0.3, -0.25) is 4.72 Å². The van der Waals surface area contributed by atoms with Crippen molar-refractivity contribution in [3.63, 3.8) is 0 Å². The molecule has 0 atom stereocenters. The lowest BCUT2D eigenvalue weighted by molar-refractivity contribution is 0.518. The molecule has 2 N–H and O–H groups in total. The third kappa shape index (κ3) is 4.46. The minimum atomic E-state index is -3.60. The fourth-order valence-electron chi connectivity index (χ4n) is 2.50. The monoisotopic (exact) mass is 370 g/mol. The third-order valence-corrected chi connectivity index (χ3v) is 5.44. The Morgan fingerprint density at radius 2 is 1.58 bits per heavy atom. The van der Waals surface area contributed by atoms with E-state index in [1.54, 1.807) is 30.5 Å². The van der Waals surface area contributed by atoms with Gasteiger partial charge in [-0.1, -0.05) is 26.0 Å². The number of nitrogens with one attached hydrogen (secondary N) is 2. The highest BCUT2D eigenvalue weighted by molar-refractivity contribution is 7.92. The van der Waals surface area contributed by atoms with Crippen LogP contribution in [0.4, 0.5) is 11.4 Å². The van der Waals surface area contributed by atoms with Gasteiger partial charge in [0.2, 0.25) is 0 Å². The first kappa shape index (κ1) is 18.1. The summed E-state index contributed by atoms with van der Waals surface area (Å²) in [5.41, 5.74) is 2.50. The second-order valence-corrected chi connectivity index (χ2v) is 8.02. The van der Waals surface area contributed by atoms with Crippen LogP contribution in [-0.4, -0.2) is 8.42 Å². The Morgan fingerprint density at radius 3 is 2.15 bits per heavy atom. The first-order chi connectivity index (χ1) is 12.4. The Bertz CT molecular complexity index is 930. The Hall–Kier alpha value is -2.73. The highest BCUT2D eigenvalue weighted by Crippen LogP contribution is 2.21. The van der Waals surface area contributed by atoms with Crippen molar-refractivity contribution in [1.82, 2.24) is 0 Å². The van der Waals surface area contributed by atoms with E-state index in [-0.39, 0.29) is 4.90 Å². The van der Waals surface area contributed by atoms with Gasteiger partial charge in [0.1, 0.15) is 5.76 Å². The van der Waals surface area contributed by atoms with E-state index in [1.165, 1.54) is 0 Å². The van der Waals surface area contributed by atoms with E-state index in [1.807, 2.05) is 36.4 Å². The van der Waals surface area contributed by atoms with Gasteiger partial charge < -0.3 is 9.73 Å². The molecule has 0 bridgehead atoms. The SMILES string of the molecule is CC(C)c1ccc(S(=O)(=O)Nc2ccc(NCc3ccco3)cc2)cc1. The number of rotatable bonds is 7. The predicted molar refractivity (Wildman–Crippen MR) is 104 cm³/mol. The molecule has 0 fully saturated rings. The first-order valence-corrected chi connectivity index (χ1v) is 9.91. The average molecular weight is 370 g/mol. The van der Waals surface area contributed by atoms with Crippen LogP contribution in [0.1, 0.15) is 31.1 Å². The third-order valence-electron chi connectivity index (χ3n) is 4.04. The summed E-state index contributed by atoms with van der Waals surface area (Å²) in [5, 5.41) is 3.21. The summed E-state index contributed by atoms with van der Waals surface area (Å²) in [7, 11) is -3.60. The number of furan rings is 1. The van der Waals surface area contributed by atoms with Crippen molar-refractivity contribution in [2.24, 2.45) is 0 Å². The van der Waals surface area contributed by atoms with Crippen LogP contribution < -0.4 is 10.0 Å². The van der Waals surface area contributed by atoms with E-state index in [4.69, 9.17) is 4.42 Å². The van der Waals surface area contributed by atoms with Crippen LogP contribution >= 0.6 is 0 Å². The minimum Gasteiger partial charge on any atom is -0.467 e. The van der Waals surface area contributed by atoms with Crippen molar-refractivity contribution >= 4 is 21.4 Å². The maximum atomic E-state index is 12.5. The molecule has 0 aliphatic heterocycles. The molecule has 136 valence electrons. The van der Waals surface area contributed by atoms with Gasteiger partial charge in [-0.05, 0) is 60.0 Å². The minimum absolute atomic E-state index is 0.252. The molecule has 0 spiro atoms. The molecule has 1 aromatic heterocycles. The number of hydrogen-bond acceptors (Lipinski definition) is 4. The molecule has 3 aromatic rings. The lowest BCUT2D eigenvalue weighted by Gasteiger charge is -2.11.